The van der Waals surface area contributed by atoms with Crippen molar-refractivity contribution >= 4 is 45.9 Å². The fraction of sp³-hybridized carbons (Fsp3) is 0.692. The molecule has 0 spiro atoms. The number of likely N-dealkylation sites (N-methyl/N-ethyl adjacent to an activating group) is 2. The van der Waals surface area contributed by atoms with Crippen LogP contribution >= 0.6 is 0 Å². The summed E-state index contributed by atoms with van der Waals surface area (Å²) in [5.41, 5.74) is 2.32. The minimum absolute atomic E-state index is 0.188. The standard InChI is InChI=1S/C39H58N22O4/c1-7-60-50-31(48-52-60)24-10-11-25(64-24)58-20-42-26-32(44-38(46-35(26)58)56-16-12-22(18-56)54(3)4)40-14-9-15-41-33-27-36(47-39(45-33)57-17-13-23(19-57)55(5)6)59(21-43-27)37-29(63)28(62)30(65-37)34-49-53-61(8-2)51-34/h20-25,28-30,37,62-63H,7-19H2,1-6H3,(H,40,44,46)(H,41,45,47)/t22-,23-,24+,25-,28+,29-,30+,37-/m1/s1. The number of anilines is 4. The van der Waals surface area contributed by atoms with E-state index in [-0.39, 0.29) is 18.2 Å². The second-order valence-electron chi connectivity index (χ2n) is 17.6. The number of aryl methyl sites for hydroxylation is 2. The Morgan fingerprint density at radius 2 is 1.23 bits per heavy atom. The third kappa shape index (κ3) is 8.26. The van der Waals surface area contributed by atoms with E-state index in [1.807, 2.05) is 18.4 Å². The van der Waals surface area contributed by atoms with Gasteiger partial charge in [0.1, 0.15) is 24.5 Å². The first kappa shape index (κ1) is 43.1. The zero-order valence-electron chi connectivity index (χ0n) is 37.6. The molecule has 4 N–H and O–H groups in total. The first-order valence-corrected chi connectivity index (χ1v) is 22.6. The molecule has 4 aliphatic heterocycles. The molecule has 4 aliphatic rings. The van der Waals surface area contributed by atoms with E-state index in [1.165, 1.54) is 4.80 Å². The molecule has 0 bridgehead atoms. The highest BCUT2D eigenvalue weighted by molar-refractivity contribution is 5.85. The number of aliphatic hydroxyl groups is 2. The molecule has 0 unspecified atom stereocenters. The van der Waals surface area contributed by atoms with E-state index in [9.17, 15) is 10.2 Å². The van der Waals surface area contributed by atoms with E-state index in [0.717, 1.165) is 51.9 Å². The molecular formula is C39H58N22O4. The van der Waals surface area contributed by atoms with Crippen molar-refractivity contribution in [1.82, 2.24) is 89.3 Å². The first-order valence-electron chi connectivity index (χ1n) is 22.6. The number of nitrogens with one attached hydrogen (secondary N) is 2. The van der Waals surface area contributed by atoms with Crippen LogP contribution in [0.5, 0.6) is 0 Å². The average Bonchev–Trinajstić information content (AvgIpc) is 4.16. The van der Waals surface area contributed by atoms with Gasteiger partial charge in [-0.3, -0.25) is 9.13 Å². The van der Waals surface area contributed by atoms with Crippen molar-refractivity contribution in [3.05, 3.63) is 24.3 Å². The van der Waals surface area contributed by atoms with Gasteiger partial charge >= 0.3 is 0 Å². The molecular weight excluding hydrogens is 841 g/mol. The number of aliphatic hydroxyl groups excluding tert-OH is 2. The highest BCUT2D eigenvalue weighted by atomic mass is 16.6. The maximum absolute atomic E-state index is 11.3. The van der Waals surface area contributed by atoms with Crippen LogP contribution in [-0.4, -0.2) is 191 Å². The molecule has 4 fully saturated rings. The van der Waals surface area contributed by atoms with Gasteiger partial charge in [0.05, 0.1) is 25.7 Å². The van der Waals surface area contributed by atoms with Crippen LogP contribution in [0.1, 0.15) is 82.3 Å². The summed E-state index contributed by atoms with van der Waals surface area (Å²) < 4.78 is 16.4. The predicted molar refractivity (Wildman–Crippen MR) is 235 cm³/mol. The summed E-state index contributed by atoms with van der Waals surface area (Å²) in [6, 6.07) is 0.741. The van der Waals surface area contributed by atoms with Crippen molar-refractivity contribution in [3.63, 3.8) is 0 Å². The molecule has 10 heterocycles. The number of tetrazole rings is 2. The Morgan fingerprint density at radius 3 is 1.78 bits per heavy atom. The maximum Gasteiger partial charge on any atom is 0.229 e. The molecule has 4 saturated heterocycles. The molecule has 8 atom stereocenters. The lowest BCUT2D eigenvalue weighted by Gasteiger charge is -2.22. The zero-order valence-corrected chi connectivity index (χ0v) is 37.6. The van der Waals surface area contributed by atoms with Crippen LogP contribution in [0, 0.1) is 0 Å². The molecule has 0 radical (unpaired) electrons. The molecule has 0 saturated carbocycles. The topological polar surface area (TPSA) is 270 Å². The minimum Gasteiger partial charge on any atom is -0.387 e. The van der Waals surface area contributed by atoms with E-state index < -0.39 is 24.5 Å². The van der Waals surface area contributed by atoms with Crippen molar-refractivity contribution in [2.75, 3.05) is 87.9 Å². The van der Waals surface area contributed by atoms with Gasteiger partial charge in [-0.05, 0) is 84.6 Å². The van der Waals surface area contributed by atoms with E-state index >= 15 is 0 Å². The van der Waals surface area contributed by atoms with Crippen LogP contribution in [0.4, 0.5) is 23.5 Å². The van der Waals surface area contributed by atoms with E-state index in [0.29, 0.717) is 96.4 Å². The van der Waals surface area contributed by atoms with Crippen LogP contribution in [0.2, 0.25) is 0 Å². The molecule has 26 heteroatoms. The third-order valence-corrected chi connectivity index (χ3v) is 13.0. The van der Waals surface area contributed by atoms with Gasteiger partial charge in [0.15, 0.2) is 46.3 Å². The van der Waals surface area contributed by atoms with E-state index in [4.69, 9.17) is 39.4 Å². The molecule has 26 nitrogen and oxygen atoms in total. The van der Waals surface area contributed by atoms with Crippen molar-refractivity contribution in [2.45, 2.75) is 108 Å². The van der Waals surface area contributed by atoms with E-state index in [1.54, 1.807) is 22.0 Å². The van der Waals surface area contributed by atoms with Gasteiger partial charge in [0.25, 0.3) is 0 Å². The molecule has 65 heavy (non-hydrogen) atoms. The molecule has 0 aliphatic carbocycles. The summed E-state index contributed by atoms with van der Waals surface area (Å²) in [5, 5.41) is 54.7. The Kier molecular flexibility index (Phi) is 11.9. The normalized spacial score (nSPS) is 26.1. The van der Waals surface area contributed by atoms with Crippen LogP contribution in [0.3, 0.4) is 0 Å². The van der Waals surface area contributed by atoms with Gasteiger partial charge in [0.2, 0.25) is 23.5 Å². The summed E-state index contributed by atoms with van der Waals surface area (Å²) in [4.78, 5) is 41.5. The van der Waals surface area contributed by atoms with Gasteiger partial charge in [-0.2, -0.15) is 29.5 Å². The lowest BCUT2D eigenvalue weighted by Crippen LogP contribution is -2.32. The quantitative estimate of drug-likeness (QED) is 0.0946. The van der Waals surface area contributed by atoms with Gasteiger partial charge in [-0.1, -0.05) is 0 Å². The lowest BCUT2D eigenvalue weighted by molar-refractivity contribution is -0.0384. The SMILES string of the molecule is CCn1nnc([C@@H]2CC[C@H](n3cnc4c(NCCCNc5nc(N6CC[C@@H](N(C)C)C6)nc6c5ncn6[C@@H]5O[C@H](c6nnn(CC)n6)[C@@H](O)[C@H]5O)nc(N5CC[C@@H](N(C)C)C5)nc43)O2)n1. The highest BCUT2D eigenvalue weighted by Crippen LogP contribution is 2.40. The van der Waals surface area contributed by atoms with Crippen LogP contribution in [0.25, 0.3) is 22.3 Å². The Hall–Kier alpha value is -5.80. The molecule has 348 valence electrons. The third-order valence-electron chi connectivity index (χ3n) is 13.0. The van der Waals surface area contributed by atoms with Gasteiger partial charge < -0.3 is 49.9 Å². The number of ether oxygens (including phenoxy) is 2. The number of hydrogen-bond acceptors (Lipinski definition) is 22. The monoisotopic (exact) mass is 899 g/mol. The fourth-order valence-corrected chi connectivity index (χ4v) is 9.07. The van der Waals surface area contributed by atoms with Crippen molar-refractivity contribution in [3.8, 4) is 0 Å². The summed E-state index contributed by atoms with van der Waals surface area (Å²) in [5.74, 6) is 3.15. The number of aromatic nitrogens is 16. The summed E-state index contributed by atoms with van der Waals surface area (Å²) >= 11 is 0. The molecule has 6 aromatic heterocycles. The van der Waals surface area contributed by atoms with E-state index in [2.05, 4.69) is 89.2 Å². The Morgan fingerprint density at radius 1 is 0.677 bits per heavy atom. The van der Waals surface area contributed by atoms with Crippen molar-refractivity contribution in [2.24, 2.45) is 0 Å². The fourth-order valence-electron chi connectivity index (χ4n) is 9.07. The molecule has 0 aromatic carbocycles. The average molecular weight is 899 g/mol. The molecule has 6 aromatic rings. The maximum atomic E-state index is 11.3. The number of imidazole rings is 2. The van der Waals surface area contributed by atoms with Gasteiger partial charge in [-0.25, -0.2) is 9.97 Å². The van der Waals surface area contributed by atoms with Crippen LogP contribution < -0.4 is 20.4 Å². The van der Waals surface area contributed by atoms with Crippen molar-refractivity contribution in [1.29, 1.82) is 0 Å². The van der Waals surface area contributed by atoms with Gasteiger partial charge in [0, 0.05) is 51.4 Å². The summed E-state index contributed by atoms with van der Waals surface area (Å²) in [6.45, 7) is 9.29. The smallest absolute Gasteiger partial charge is 0.229 e. The largest absolute Gasteiger partial charge is 0.387 e. The number of hydrogen-bond donors (Lipinski definition) is 4. The van der Waals surface area contributed by atoms with Crippen LogP contribution in [-0.2, 0) is 22.6 Å². The molecule has 10 rings (SSSR count). The number of rotatable bonds is 16. The number of fused-ring (bicyclic) bond motifs is 2. The predicted octanol–water partition coefficient (Wildman–Crippen LogP) is 0.216. The van der Waals surface area contributed by atoms with Crippen molar-refractivity contribution < 1.29 is 19.7 Å². The Bertz CT molecular complexity index is 2590. The number of nitrogens with zero attached hydrogens (tertiary/aromatic N) is 20. The molecule has 0 amide bonds. The lowest BCUT2D eigenvalue weighted by atomic mass is 10.1. The summed E-state index contributed by atoms with van der Waals surface area (Å²) in [7, 11) is 8.37. The van der Waals surface area contributed by atoms with Gasteiger partial charge in [-0.15, -0.1) is 20.4 Å². The summed E-state index contributed by atoms with van der Waals surface area (Å²) in [6.07, 6.45) is 2.32. The van der Waals surface area contributed by atoms with Crippen LogP contribution in [0.15, 0.2) is 12.7 Å². The minimum atomic E-state index is -1.31. The highest BCUT2D eigenvalue weighted by Gasteiger charge is 2.47. The Labute approximate surface area is 374 Å². The second kappa shape index (κ2) is 17.9. The Balaban J connectivity index is 0.878. The second-order valence-corrected chi connectivity index (χ2v) is 17.6. The first-order chi connectivity index (χ1) is 31.6. The zero-order chi connectivity index (χ0) is 44.9.